The van der Waals surface area contributed by atoms with Gasteiger partial charge in [0.1, 0.15) is 0 Å². The molecule has 0 aliphatic rings. The molecule has 0 aromatic rings. The quantitative estimate of drug-likeness (QED) is 0.394. The van der Waals surface area contributed by atoms with Crippen LogP contribution < -0.4 is 0 Å². The summed E-state index contributed by atoms with van der Waals surface area (Å²) in [5.41, 5.74) is 2.82. The summed E-state index contributed by atoms with van der Waals surface area (Å²) in [4.78, 5) is 0. The molecule has 0 spiro atoms. The van der Waals surface area contributed by atoms with Crippen LogP contribution in [0.2, 0.25) is 0 Å². The number of hydrogen-bond donors (Lipinski definition) is 0. The second-order valence-electron chi connectivity index (χ2n) is 0.619. The topological polar surface area (TPSA) is 34.7 Å². The highest BCUT2D eigenvalue weighted by molar-refractivity contribution is 7.98. The highest BCUT2D eigenvalue weighted by atomic mass is 32.2. The number of halogens is 3. The normalized spacial score (nSPS) is 11.3. The van der Waals surface area contributed by atoms with Crippen LogP contribution >= 0.6 is 11.9 Å². The van der Waals surface area contributed by atoms with Gasteiger partial charge in [0.05, 0.1) is 11.9 Å². The van der Waals surface area contributed by atoms with Crippen LogP contribution in [0.15, 0.2) is 4.52 Å². The third-order valence-corrected chi connectivity index (χ3v) is 0.433. The SMILES string of the molecule is [N-]=NSC(F)(F)F. The highest BCUT2D eigenvalue weighted by Crippen LogP contribution is 2.30. The summed E-state index contributed by atoms with van der Waals surface area (Å²) in [5.74, 6) is 0. The fourth-order valence-corrected chi connectivity index (χ4v) is 0.139. The second kappa shape index (κ2) is 2.15. The summed E-state index contributed by atoms with van der Waals surface area (Å²) in [7, 11) is 0. The molecule has 0 saturated carbocycles. The van der Waals surface area contributed by atoms with E-state index in [4.69, 9.17) is 5.53 Å². The van der Waals surface area contributed by atoms with Gasteiger partial charge >= 0.3 is 5.51 Å². The van der Waals surface area contributed by atoms with Crippen LogP contribution in [-0.4, -0.2) is 5.51 Å². The van der Waals surface area contributed by atoms with Gasteiger partial charge < -0.3 is 10.1 Å². The van der Waals surface area contributed by atoms with Gasteiger partial charge in [-0.3, -0.25) is 0 Å². The van der Waals surface area contributed by atoms with E-state index in [1.165, 1.54) is 0 Å². The zero-order valence-electron chi connectivity index (χ0n) is 2.94. The number of rotatable bonds is 1. The highest BCUT2D eigenvalue weighted by Gasteiger charge is 2.26. The Kier molecular flexibility index (Phi) is 2.07. The van der Waals surface area contributed by atoms with Crippen molar-refractivity contribution in [3.63, 3.8) is 0 Å². The Bertz CT molecular complexity index is 67.8. The van der Waals surface area contributed by atoms with Crippen LogP contribution in [0.4, 0.5) is 13.2 Å². The summed E-state index contributed by atoms with van der Waals surface area (Å²) >= 11 is -0.831. The molecular weight excluding hydrogens is 129 g/mol. The Morgan fingerprint density at radius 3 is 1.86 bits per heavy atom. The van der Waals surface area contributed by atoms with Crippen molar-refractivity contribution >= 4 is 11.9 Å². The molecule has 0 aromatic carbocycles. The average Bonchev–Trinajstić information content (AvgIpc) is 1.30. The van der Waals surface area contributed by atoms with Gasteiger partial charge in [0, 0.05) is 0 Å². The van der Waals surface area contributed by atoms with Gasteiger partial charge in [0.25, 0.3) is 0 Å². The number of nitrogens with zero attached hydrogens (tertiary/aromatic N) is 2. The molecule has 0 aliphatic heterocycles. The lowest BCUT2D eigenvalue weighted by Gasteiger charge is -1.98. The fourth-order valence-electron chi connectivity index (χ4n) is 0.0463. The van der Waals surface area contributed by atoms with E-state index in [2.05, 4.69) is 0 Å². The predicted molar refractivity (Wildman–Crippen MR) is 19.4 cm³/mol. The van der Waals surface area contributed by atoms with Crippen molar-refractivity contribution in [3.8, 4) is 0 Å². The van der Waals surface area contributed by atoms with Crippen LogP contribution in [0.25, 0.3) is 5.53 Å². The molecule has 0 radical (unpaired) electrons. The molecule has 0 rings (SSSR count). The molecule has 0 aromatic heterocycles. The molecule has 0 N–H and O–H groups in total. The van der Waals surface area contributed by atoms with E-state index >= 15 is 0 Å². The molecule has 0 fully saturated rings. The lowest BCUT2D eigenvalue weighted by molar-refractivity contribution is -0.0327. The van der Waals surface area contributed by atoms with Crippen LogP contribution in [0, 0.1) is 0 Å². The predicted octanol–water partition coefficient (Wildman–Crippen LogP) is 2.18. The standard InChI is InChI=1S/CF3N2S/c2-1(3,4)7-6-5/q-1. The zero-order chi connectivity index (χ0) is 5.91. The van der Waals surface area contributed by atoms with Gasteiger partial charge in [-0.25, -0.2) is 0 Å². The van der Waals surface area contributed by atoms with Crippen molar-refractivity contribution in [2.75, 3.05) is 0 Å². The molecule has 0 unspecified atom stereocenters. The molecule has 0 bridgehead atoms. The maximum absolute atomic E-state index is 10.8. The Balaban J connectivity index is 3.34. The Hall–Kier alpha value is -0.260. The molecule has 6 heteroatoms. The molecule has 0 heterocycles. The van der Waals surface area contributed by atoms with Gasteiger partial charge in [-0.2, -0.15) is 13.2 Å². The smallest absolute Gasteiger partial charge is 0.461 e. The third kappa shape index (κ3) is 5.74. The average molecular weight is 129 g/mol. The summed E-state index contributed by atoms with van der Waals surface area (Å²) in [6.45, 7) is 0. The van der Waals surface area contributed by atoms with Gasteiger partial charge in [0.15, 0.2) is 0 Å². The van der Waals surface area contributed by atoms with Gasteiger partial charge in [-0.1, -0.05) is 0 Å². The fraction of sp³-hybridized carbons (Fsp3) is 1.00. The van der Waals surface area contributed by atoms with Crippen molar-refractivity contribution < 1.29 is 13.2 Å². The first-order chi connectivity index (χ1) is 3.06. The van der Waals surface area contributed by atoms with E-state index in [0.29, 0.717) is 0 Å². The molecule has 2 nitrogen and oxygen atoms in total. The van der Waals surface area contributed by atoms with Crippen molar-refractivity contribution in [1.29, 1.82) is 0 Å². The summed E-state index contributed by atoms with van der Waals surface area (Å²) in [5, 5.41) is 0. The number of alkyl halides is 3. The molecule has 0 saturated heterocycles. The van der Waals surface area contributed by atoms with E-state index < -0.39 is 17.5 Å². The van der Waals surface area contributed by atoms with E-state index in [-0.39, 0.29) is 0 Å². The maximum Gasteiger partial charge on any atom is 0.461 e. The molecule has 0 amide bonds. The minimum Gasteiger partial charge on any atom is -0.699 e. The summed E-state index contributed by atoms with van der Waals surface area (Å²) in [6, 6.07) is 0. The lowest BCUT2D eigenvalue weighted by Crippen LogP contribution is -1.95. The Morgan fingerprint density at radius 1 is 1.43 bits per heavy atom. The molecule has 7 heavy (non-hydrogen) atoms. The van der Waals surface area contributed by atoms with Crippen LogP contribution in [0.1, 0.15) is 0 Å². The monoisotopic (exact) mass is 129 g/mol. The van der Waals surface area contributed by atoms with Crippen molar-refractivity contribution in [3.05, 3.63) is 5.53 Å². The first-order valence-corrected chi connectivity index (χ1v) is 1.93. The second-order valence-corrected chi connectivity index (χ2v) is 1.43. The lowest BCUT2D eigenvalue weighted by atomic mass is 11.6. The zero-order valence-corrected chi connectivity index (χ0v) is 3.75. The number of hydrogen-bond acceptors (Lipinski definition) is 2. The Morgan fingerprint density at radius 2 is 1.86 bits per heavy atom. The van der Waals surface area contributed by atoms with E-state index in [9.17, 15) is 13.2 Å². The molecule has 0 aliphatic carbocycles. The van der Waals surface area contributed by atoms with Crippen LogP contribution in [0.3, 0.4) is 0 Å². The van der Waals surface area contributed by atoms with Crippen molar-refractivity contribution in [2.45, 2.75) is 5.51 Å². The summed E-state index contributed by atoms with van der Waals surface area (Å²) < 4.78 is 34.1. The van der Waals surface area contributed by atoms with Gasteiger partial charge in [-0.15, -0.1) is 0 Å². The van der Waals surface area contributed by atoms with Gasteiger partial charge in [0.2, 0.25) is 0 Å². The van der Waals surface area contributed by atoms with E-state index in [1.807, 2.05) is 0 Å². The van der Waals surface area contributed by atoms with E-state index in [1.54, 1.807) is 4.52 Å². The maximum atomic E-state index is 10.8. The minimum atomic E-state index is -4.45. The molecular formula is CF3N2S-. The first kappa shape index (κ1) is 6.74. The molecule has 42 valence electrons. The van der Waals surface area contributed by atoms with Crippen LogP contribution in [-0.2, 0) is 0 Å². The van der Waals surface area contributed by atoms with Crippen molar-refractivity contribution in [1.82, 2.24) is 0 Å². The van der Waals surface area contributed by atoms with Crippen LogP contribution in [0.5, 0.6) is 0 Å². The largest absolute Gasteiger partial charge is 0.699 e. The van der Waals surface area contributed by atoms with E-state index in [0.717, 1.165) is 0 Å². The summed E-state index contributed by atoms with van der Waals surface area (Å²) in [6.07, 6.45) is 0. The molecule has 0 atom stereocenters. The Labute approximate surface area is 41.7 Å². The minimum absolute atomic E-state index is 0.831. The van der Waals surface area contributed by atoms with Gasteiger partial charge in [-0.05, 0) is 0 Å². The van der Waals surface area contributed by atoms with Crippen molar-refractivity contribution in [2.24, 2.45) is 4.52 Å². The third-order valence-electron chi connectivity index (χ3n) is 0.144. The first-order valence-electron chi connectivity index (χ1n) is 1.15.